The Morgan fingerprint density at radius 3 is 2.92 bits per heavy atom. The number of carbonyl (C=O) groups excluding carboxylic acids is 1. The molecule has 2 fully saturated rings. The number of nitrogens with one attached hydrogen (secondary N) is 1. The molecule has 0 aliphatic carbocycles. The largest absolute Gasteiger partial charge is 0.375 e. The zero-order valence-electron chi connectivity index (χ0n) is 14.3. The minimum absolute atomic E-state index is 0.0119. The molecule has 0 bridgehead atoms. The molecular weight excluding hydrogens is 328 g/mol. The van der Waals surface area contributed by atoms with Gasteiger partial charge in [-0.3, -0.25) is 4.79 Å². The van der Waals surface area contributed by atoms with Crippen LogP contribution in [0.15, 0.2) is 12.1 Å². The first-order valence-electron chi connectivity index (χ1n) is 8.61. The summed E-state index contributed by atoms with van der Waals surface area (Å²) < 4.78 is 5.72. The van der Waals surface area contributed by atoms with Crippen LogP contribution in [0, 0.1) is 5.92 Å². The fourth-order valence-corrected chi connectivity index (χ4v) is 3.65. The van der Waals surface area contributed by atoms with Gasteiger partial charge in [-0.25, -0.2) is 0 Å². The number of hydrogen-bond acceptors (Lipinski definition) is 5. The third kappa shape index (κ3) is 4.36. The van der Waals surface area contributed by atoms with Crippen LogP contribution in [0.5, 0.6) is 0 Å². The number of amides is 1. The third-order valence-corrected chi connectivity index (χ3v) is 4.98. The van der Waals surface area contributed by atoms with Crippen molar-refractivity contribution in [2.24, 2.45) is 5.92 Å². The molecule has 0 aromatic carbocycles. The number of ether oxygens (including phenoxy) is 1. The van der Waals surface area contributed by atoms with E-state index in [0.29, 0.717) is 18.3 Å². The van der Waals surface area contributed by atoms with Crippen molar-refractivity contribution in [2.75, 3.05) is 24.6 Å². The maximum atomic E-state index is 12.7. The van der Waals surface area contributed by atoms with Crippen LogP contribution < -0.4 is 10.2 Å². The molecule has 2 aliphatic heterocycles. The van der Waals surface area contributed by atoms with Crippen LogP contribution in [0.1, 0.15) is 39.5 Å². The molecule has 2 aliphatic rings. The maximum Gasteiger partial charge on any atom is 0.225 e. The van der Waals surface area contributed by atoms with Crippen LogP contribution in [-0.4, -0.2) is 47.4 Å². The lowest BCUT2D eigenvalue weighted by molar-refractivity contribution is -0.128. The third-order valence-electron chi connectivity index (χ3n) is 4.78. The molecule has 0 radical (unpaired) electrons. The first-order valence-corrected chi connectivity index (χ1v) is 8.99. The minimum Gasteiger partial charge on any atom is -0.375 e. The predicted octanol–water partition coefficient (Wildman–Crippen LogP) is 2.42. The lowest BCUT2D eigenvalue weighted by Gasteiger charge is -2.37. The normalized spacial score (nSPS) is 26.9. The molecule has 0 saturated carbocycles. The number of aromatic nitrogens is 2. The summed E-state index contributed by atoms with van der Waals surface area (Å²) >= 11 is 5.79. The quantitative estimate of drug-likeness (QED) is 0.904. The second-order valence-electron chi connectivity index (χ2n) is 7.31. The molecule has 1 N–H and O–H groups in total. The van der Waals surface area contributed by atoms with Crippen molar-refractivity contribution in [1.29, 1.82) is 0 Å². The number of hydrogen-bond donors (Lipinski definition) is 1. The van der Waals surface area contributed by atoms with Gasteiger partial charge in [0, 0.05) is 25.7 Å². The molecule has 3 heterocycles. The summed E-state index contributed by atoms with van der Waals surface area (Å²) in [6, 6.07) is 3.79. The summed E-state index contributed by atoms with van der Waals surface area (Å²) in [5.41, 5.74) is -0.159. The highest BCUT2D eigenvalue weighted by Gasteiger charge is 2.32. The van der Waals surface area contributed by atoms with Gasteiger partial charge in [-0.1, -0.05) is 11.6 Å². The molecule has 2 saturated heterocycles. The van der Waals surface area contributed by atoms with Crippen LogP contribution in [-0.2, 0) is 9.53 Å². The number of rotatable bonds is 3. The number of piperidine rings is 1. The maximum absolute atomic E-state index is 12.7. The highest BCUT2D eigenvalue weighted by Crippen LogP contribution is 2.26. The van der Waals surface area contributed by atoms with E-state index < -0.39 is 0 Å². The second-order valence-corrected chi connectivity index (χ2v) is 7.69. The Morgan fingerprint density at radius 2 is 2.21 bits per heavy atom. The smallest absolute Gasteiger partial charge is 0.225 e. The van der Waals surface area contributed by atoms with Crippen molar-refractivity contribution in [2.45, 2.75) is 51.2 Å². The van der Waals surface area contributed by atoms with Crippen molar-refractivity contribution in [3.8, 4) is 0 Å². The van der Waals surface area contributed by atoms with Crippen LogP contribution in [0.25, 0.3) is 0 Å². The Bertz CT molecular complexity index is 578. The second kappa shape index (κ2) is 7.23. The first kappa shape index (κ1) is 17.4. The van der Waals surface area contributed by atoms with Gasteiger partial charge in [0.1, 0.15) is 0 Å². The lowest BCUT2D eigenvalue weighted by Crippen LogP contribution is -2.50. The molecule has 3 rings (SSSR count). The van der Waals surface area contributed by atoms with E-state index in [1.165, 1.54) is 0 Å². The fourth-order valence-electron chi connectivity index (χ4n) is 3.55. The summed E-state index contributed by atoms with van der Waals surface area (Å²) in [6.45, 7) is 6.42. The average molecular weight is 353 g/mol. The van der Waals surface area contributed by atoms with Gasteiger partial charge in [-0.05, 0) is 51.7 Å². The standard InChI is InChI=1S/C17H25ClN4O2/c1-17(2)10-13(7-9-24-17)19-16(23)12-4-3-8-22(11-12)15-6-5-14(18)20-21-15/h5-6,12-13H,3-4,7-11H2,1-2H3,(H,19,23)/t12-,13+/m0/s1. The van der Waals surface area contributed by atoms with Gasteiger partial charge in [0.25, 0.3) is 0 Å². The summed E-state index contributed by atoms with van der Waals surface area (Å²) in [5, 5.41) is 11.6. The molecular formula is C17H25ClN4O2. The van der Waals surface area contributed by atoms with E-state index >= 15 is 0 Å². The van der Waals surface area contributed by atoms with E-state index in [0.717, 1.165) is 38.0 Å². The summed E-state index contributed by atoms with van der Waals surface area (Å²) in [5.74, 6) is 0.913. The van der Waals surface area contributed by atoms with Gasteiger partial charge in [0.15, 0.2) is 11.0 Å². The Balaban J connectivity index is 1.58. The first-order chi connectivity index (χ1) is 11.4. The molecule has 1 aromatic rings. The molecule has 2 atom stereocenters. The van der Waals surface area contributed by atoms with Gasteiger partial charge in [-0.15, -0.1) is 10.2 Å². The van der Waals surface area contributed by atoms with Crippen molar-refractivity contribution in [3.05, 3.63) is 17.3 Å². The highest BCUT2D eigenvalue weighted by molar-refractivity contribution is 6.29. The van der Waals surface area contributed by atoms with Crippen LogP contribution in [0.4, 0.5) is 5.82 Å². The zero-order valence-corrected chi connectivity index (χ0v) is 15.1. The number of anilines is 1. The van der Waals surface area contributed by atoms with E-state index in [1.54, 1.807) is 6.07 Å². The zero-order chi connectivity index (χ0) is 17.2. The van der Waals surface area contributed by atoms with Crippen LogP contribution in [0.2, 0.25) is 5.15 Å². The number of nitrogens with zero attached hydrogens (tertiary/aromatic N) is 3. The molecule has 24 heavy (non-hydrogen) atoms. The SMILES string of the molecule is CC1(C)C[C@H](NC(=O)[C@H]2CCCN(c3ccc(Cl)nn3)C2)CCO1. The van der Waals surface area contributed by atoms with Crippen molar-refractivity contribution < 1.29 is 9.53 Å². The Hall–Kier alpha value is -1.40. The van der Waals surface area contributed by atoms with Crippen molar-refractivity contribution in [1.82, 2.24) is 15.5 Å². The molecule has 1 aromatic heterocycles. The molecule has 1 amide bonds. The highest BCUT2D eigenvalue weighted by atomic mass is 35.5. The number of carbonyl (C=O) groups is 1. The molecule has 6 nitrogen and oxygen atoms in total. The van der Waals surface area contributed by atoms with Crippen molar-refractivity contribution in [3.63, 3.8) is 0 Å². The topological polar surface area (TPSA) is 67.4 Å². The average Bonchev–Trinajstić information content (AvgIpc) is 2.55. The summed E-state index contributed by atoms with van der Waals surface area (Å²) in [4.78, 5) is 14.8. The summed E-state index contributed by atoms with van der Waals surface area (Å²) in [7, 11) is 0. The minimum atomic E-state index is -0.159. The van der Waals surface area contributed by atoms with E-state index in [1.807, 2.05) is 6.07 Å². The Kier molecular flexibility index (Phi) is 5.25. The van der Waals surface area contributed by atoms with Gasteiger partial charge < -0.3 is 15.0 Å². The van der Waals surface area contributed by atoms with E-state index in [2.05, 4.69) is 34.3 Å². The monoisotopic (exact) mass is 352 g/mol. The predicted molar refractivity (Wildman–Crippen MR) is 93.2 cm³/mol. The fraction of sp³-hybridized carbons (Fsp3) is 0.706. The van der Waals surface area contributed by atoms with E-state index in [-0.39, 0.29) is 23.5 Å². The summed E-state index contributed by atoms with van der Waals surface area (Å²) in [6.07, 6.45) is 3.63. The van der Waals surface area contributed by atoms with Crippen LogP contribution >= 0.6 is 11.6 Å². The van der Waals surface area contributed by atoms with E-state index in [4.69, 9.17) is 16.3 Å². The van der Waals surface area contributed by atoms with Crippen molar-refractivity contribution >= 4 is 23.3 Å². The Morgan fingerprint density at radius 1 is 1.38 bits per heavy atom. The van der Waals surface area contributed by atoms with Gasteiger partial charge in [0.05, 0.1) is 11.5 Å². The molecule has 7 heteroatoms. The number of halogens is 1. The molecule has 0 spiro atoms. The molecule has 0 unspecified atom stereocenters. The van der Waals surface area contributed by atoms with Gasteiger partial charge in [-0.2, -0.15) is 0 Å². The lowest BCUT2D eigenvalue weighted by atomic mass is 9.92. The Labute approximate surface area is 147 Å². The van der Waals surface area contributed by atoms with E-state index in [9.17, 15) is 4.79 Å². The van der Waals surface area contributed by atoms with Gasteiger partial charge >= 0.3 is 0 Å². The molecule has 132 valence electrons. The van der Waals surface area contributed by atoms with Gasteiger partial charge in [0.2, 0.25) is 5.91 Å². The van der Waals surface area contributed by atoms with Crippen LogP contribution in [0.3, 0.4) is 0 Å².